The maximum Gasteiger partial charge on any atom is 0.271 e. The van der Waals surface area contributed by atoms with Gasteiger partial charge in [0.2, 0.25) is 0 Å². The average Bonchev–Trinajstić information content (AvgIpc) is 3.03. The van der Waals surface area contributed by atoms with Crippen LogP contribution in [0.25, 0.3) is 0 Å². The van der Waals surface area contributed by atoms with Crippen LogP contribution in [0.2, 0.25) is 10.2 Å². The Morgan fingerprint density at radius 1 is 1.35 bits per heavy atom. The molecule has 2 aliphatic carbocycles. The molecule has 2 bridgehead atoms. The Morgan fingerprint density at radius 2 is 2.15 bits per heavy atom. The van der Waals surface area contributed by atoms with E-state index in [0.717, 1.165) is 11.8 Å². The van der Waals surface area contributed by atoms with Crippen LogP contribution in [0.15, 0.2) is 12.1 Å². The molecule has 1 heterocycles. The third-order valence-corrected chi connectivity index (χ3v) is 5.34. The Bertz CT molecular complexity index is 535. The van der Waals surface area contributed by atoms with Crippen molar-refractivity contribution in [2.75, 3.05) is 0 Å². The van der Waals surface area contributed by atoms with Crippen LogP contribution >= 0.6 is 23.2 Å². The summed E-state index contributed by atoms with van der Waals surface area (Å²) in [7, 11) is 0. The Balaban J connectivity index is 1.68. The summed E-state index contributed by atoms with van der Waals surface area (Å²) >= 11 is 11.8. The summed E-state index contributed by atoms with van der Waals surface area (Å²) in [6, 6.07) is 3.35. The molecule has 0 radical (unpaired) electrons. The van der Waals surface area contributed by atoms with Gasteiger partial charge in [0, 0.05) is 6.04 Å². The standard InChI is InChI=1S/C15H18Cl2N2O/c1-8(11-7-9-2-3-10(11)6-9)18-15(20)14-12(16)4-5-13(17)19-14/h4-5,8-11H,2-3,6-7H2,1H3,(H,18,20). The molecule has 1 aromatic heterocycles. The van der Waals surface area contributed by atoms with Crippen LogP contribution < -0.4 is 5.32 Å². The number of hydrogen-bond donors (Lipinski definition) is 1. The highest BCUT2D eigenvalue weighted by Gasteiger charge is 2.42. The Labute approximate surface area is 129 Å². The van der Waals surface area contributed by atoms with Crippen LogP contribution in [-0.2, 0) is 0 Å². The van der Waals surface area contributed by atoms with Crippen LogP contribution in [-0.4, -0.2) is 16.9 Å². The van der Waals surface area contributed by atoms with Crippen molar-refractivity contribution in [1.82, 2.24) is 10.3 Å². The van der Waals surface area contributed by atoms with Gasteiger partial charge in [-0.25, -0.2) is 4.98 Å². The van der Waals surface area contributed by atoms with Gasteiger partial charge in [-0.1, -0.05) is 29.6 Å². The monoisotopic (exact) mass is 312 g/mol. The zero-order valence-electron chi connectivity index (χ0n) is 11.4. The number of nitrogens with one attached hydrogen (secondary N) is 1. The van der Waals surface area contributed by atoms with E-state index in [2.05, 4.69) is 17.2 Å². The molecule has 1 amide bonds. The zero-order valence-corrected chi connectivity index (χ0v) is 12.9. The predicted molar refractivity (Wildman–Crippen MR) is 80.1 cm³/mol. The number of halogens is 2. The number of rotatable bonds is 3. The molecule has 5 heteroatoms. The molecule has 0 spiro atoms. The summed E-state index contributed by atoms with van der Waals surface area (Å²) in [6.45, 7) is 2.09. The van der Waals surface area contributed by atoms with Gasteiger partial charge in [-0.3, -0.25) is 4.79 Å². The summed E-state index contributed by atoms with van der Waals surface area (Å²) in [6.07, 6.45) is 5.25. The van der Waals surface area contributed by atoms with Gasteiger partial charge < -0.3 is 5.32 Å². The molecule has 108 valence electrons. The first-order valence-electron chi connectivity index (χ1n) is 7.17. The second kappa shape index (κ2) is 5.53. The normalized spacial score (nSPS) is 29.4. The van der Waals surface area contributed by atoms with Crippen molar-refractivity contribution in [3.63, 3.8) is 0 Å². The SMILES string of the molecule is CC(NC(=O)c1nc(Cl)ccc1Cl)C1CC2CCC1C2. The number of hydrogen-bond acceptors (Lipinski definition) is 2. The maximum absolute atomic E-state index is 12.3. The fourth-order valence-electron chi connectivity index (χ4n) is 3.87. The molecule has 1 N–H and O–H groups in total. The molecule has 1 aromatic rings. The highest BCUT2D eigenvalue weighted by molar-refractivity contribution is 6.34. The minimum absolute atomic E-state index is 0.162. The quantitative estimate of drug-likeness (QED) is 0.859. The summed E-state index contributed by atoms with van der Waals surface area (Å²) in [5.74, 6) is 2.01. The summed E-state index contributed by atoms with van der Waals surface area (Å²) < 4.78 is 0. The second-order valence-electron chi connectivity index (χ2n) is 6.07. The third kappa shape index (κ3) is 2.66. The van der Waals surface area contributed by atoms with Crippen molar-refractivity contribution in [2.45, 2.75) is 38.6 Å². The molecule has 3 nitrogen and oxygen atoms in total. The van der Waals surface area contributed by atoms with E-state index in [-0.39, 0.29) is 22.8 Å². The van der Waals surface area contributed by atoms with Crippen LogP contribution in [0, 0.1) is 17.8 Å². The number of carbonyl (C=O) groups is 1. The molecule has 4 atom stereocenters. The predicted octanol–water partition coefficient (Wildman–Crippen LogP) is 3.94. The fraction of sp³-hybridized carbons (Fsp3) is 0.600. The number of pyridine rings is 1. The lowest BCUT2D eigenvalue weighted by molar-refractivity contribution is 0.0910. The van der Waals surface area contributed by atoms with Gasteiger partial charge in [0.1, 0.15) is 10.8 Å². The molecule has 0 aliphatic heterocycles. The van der Waals surface area contributed by atoms with E-state index in [1.165, 1.54) is 25.7 Å². The molecule has 2 aliphatic rings. The second-order valence-corrected chi connectivity index (χ2v) is 6.86. The van der Waals surface area contributed by atoms with Crippen LogP contribution in [0.4, 0.5) is 0 Å². The topological polar surface area (TPSA) is 42.0 Å². The lowest BCUT2D eigenvalue weighted by Gasteiger charge is -2.28. The Morgan fingerprint density at radius 3 is 2.80 bits per heavy atom. The third-order valence-electron chi connectivity index (χ3n) is 4.82. The Hall–Kier alpha value is -0.800. The number of fused-ring (bicyclic) bond motifs is 2. The molecule has 3 rings (SSSR count). The lowest BCUT2D eigenvalue weighted by Crippen LogP contribution is -2.40. The van der Waals surface area contributed by atoms with Crippen molar-refractivity contribution in [2.24, 2.45) is 17.8 Å². The molecule has 0 saturated heterocycles. The number of nitrogens with zero attached hydrogens (tertiary/aromatic N) is 1. The first kappa shape index (κ1) is 14.2. The van der Waals surface area contributed by atoms with E-state index in [1.807, 2.05) is 0 Å². The van der Waals surface area contributed by atoms with Crippen LogP contribution in [0.1, 0.15) is 43.1 Å². The fourth-order valence-corrected chi connectivity index (χ4v) is 4.20. The zero-order chi connectivity index (χ0) is 14.3. The van der Waals surface area contributed by atoms with Crippen molar-refractivity contribution in [1.29, 1.82) is 0 Å². The number of carbonyl (C=O) groups excluding carboxylic acids is 1. The van der Waals surface area contributed by atoms with Crippen molar-refractivity contribution in [3.8, 4) is 0 Å². The lowest BCUT2D eigenvalue weighted by atomic mass is 9.84. The highest BCUT2D eigenvalue weighted by Crippen LogP contribution is 2.49. The van der Waals surface area contributed by atoms with E-state index in [9.17, 15) is 4.79 Å². The largest absolute Gasteiger partial charge is 0.348 e. The molecule has 0 aromatic carbocycles. The van der Waals surface area contributed by atoms with Crippen molar-refractivity contribution in [3.05, 3.63) is 28.0 Å². The number of aromatic nitrogens is 1. The van der Waals surface area contributed by atoms with Gasteiger partial charge in [0.15, 0.2) is 0 Å². The molecular weight excluding hydrogens is 295 g/mol. The van der Waals surface area contributed by atoms with Gasteiger partial charge in [0.05, 0.1) is 5.02 Å². The summed E-state index contributed by atoms with van der Waals surface area (Å²) in [5, 5.41) is 3.67. The summed E-state index contributed by atoms with van der Waals surface area (Å²) in [4.78, 5) is 16.3. The van der Waals surface area contributed by atoms with Gasteiger partial charge in [0.25, 0.3) is 5.91 Å². The van der Waals surface area contributed by atoms with E-state index in [4.69, 9.17) is 23.2 Å². The first-order valence-corrected chi connectivity index (χ1v) is 7.93. The van der Waals surface area contributed by atoms with E-state index >= 15 is 0 Å². The molecule has 4 unspecified atom stereocenters. The van der Waals surface area contributed by atoms with Crippen LogP contribution in [0.3, 0.4) is 0 Å². The molecule has 2 saturated carbocycles. The maximum atomic E-state index is 12.3. The highest BCUT2D eigenvalue weighted by atomic mass is 35.5. The first-order chi connectivity index (χ1) is 9.54. The minimum Gasteiger partial charge on any atom is -0.348 e. The van der Waals surface area contributed by atoms with Gasteiger partial charge >= 0.3 is 0 Å². The van der Waals surface area contributed by atoms with Crippen LogP contribution in [0.5, 0.6) is 0 Å². The van der Waals surface area contributed by atoms with E-state index < -0.39 is 0 Å². The molecular formula is C15H18Cl2N2O. The molecule has 20 heavy (non-hydrogen) atoms. The van der Waals surface area contributed by atoms with E-state index in [0.29, 0.717) is 10.9 Å². The minimum atomic E-state index is -0.229. The van der Waals surface area contributed by atoms with Gasteiger partial charge in [-0.2, -0.15) is 0 Å². The molecule has 2 fully saturated rings. The number of amides is 1. The summed E-state index contributed by atoms with van der Waals surface area (Å²) in [5.41, 5.74) is 0.217. The van der Waals surface area contributed by atoms with Crippen molar-refractivity contribution < 1.29 is 4.79 Å². The Kier molecular flexibility index (Phi) is 3.91. The average molecular weight is 313 g/mol. The smallest absolute Gasteiger partial charge is 0.271 e. The van der Waals surface area contributed by atoms with E-state index in [1.54, 1.807) is 12.1 Å². The van der Waals surface area contributed by atoms with Gasteiger partial charge in [-0.15, -0.1) is 0 Å². The van der Waals surface area contributed by atoms with Crippen molar-refractivity contribution >= 4 is 29.1 Å². The van der Waals surface area contributed by atoms with Gasteiger partial charge in [-0.05, 0) is 56.1 Å².